The van der Waals surface area contributed by atoms with E-state index in [1.807, 2.05) is 56.4 Å². The fraction of sp³-hybridized carbons (Fsp3) is 0.200. The zero-order chi connectivity index (χ0) is 17.4. The molecule has 1 aliphatic rings. The largest absolute Gasteiger partial charge is 0.345 e. The van der Waals surface area contributed by atoms with E-state index in [1.54, 1.807) is 0 Å². The van der Waals surface area contributed by atoms with Crippen LogP contribution in [0.4, 0.5) is 5.82 Å². The van der Waals surface area contributed by atoms with Gasteiger partial charge in [-0.15, -0.1) is 0 Å². The molecule has 0 amide bonds. The van der Waals surface area contributed by atoms with Crippen LogP contribution in [-0.2, 0) is 13.1 Å². The van der Waals surface area contributed by atoms with Crippen molar-refractivity contribution in [2.45, 2.75) is 26.9 Å². The van der Waals surface area contributed by atoms with Crippen molar-refractivity contribution in [2.75, 3.05) is 4.90 Å². The lowest BCUT2D eigenvalue weighted by molar-refractivity contribution is 0.840. The number of nitriles is 1. The van der Waals surface area contributed by atoms with Crippen LogP contribution in [0.15, 0.2) is 42.6 Å². The van der Waals surface area contributed by atoms with Gasteiger partial charge in [0.25, 0.3) is 0 Å². The quantitative estimate of drug-likeness (QED) is 0.720. The van der Waals surface area contributed by atoms with Gasteiger partial charge < -0.3 is 4.90 Å². The molecular formula is C20H17N5. The van der Waals surface area contributed by atoms with Gasteiger partial charge in [0.15, 0.2) is 5.82 Å². The molecule has 25 heavy (non-hydrogen) atoms. The molecule has 0 saturated carbocycles. The summed E-state index contributed by atoms with van der Waals surface area (Å²) in [7, 11) is 0. The molecule has 5 heteroatoms. The van der Waals surface area contributed by atoms with Crippen molar-refractivity contribution < 1.29 is 0 Å². The Morgan fingerprint density at radius 3 is 2.64 bits per heavy atom. The predicted octanol–water partition coefficient (Wildman–Crippen LogP) is 3.55. The summed E-state index contributed by atoms with van der Waals surface area (Å²) in [6, 6.07) is 14.2. The number of anilines is 1. The van der Waals surface area contributed by atoms with Gasteiger partial charge in [0, 0.05) is 29.6 Å². The number of pyridine rings is 1. The molecule has 0 atom stereocenters. The van der Waals surface area contributed by atoms with Crippen molar-refractivity contribution in [2.24, 2.45) is 0 Å². The van der Waals surface area contributed by atoms with E-state index in [4.69, 9.17) is 4.98 Å². The molecule has 1 aromatic carbocycles. The van der Waals surface area contributed by atoms with E-state index < -0.39 is 0 Å². The predicted molar refractivity (Wildman–Crippen MR) is 95.8 cm³/mol. The minimum absolute atomic E-state index is 0.634. The Kier molecular flexibility index (Phi) is 3.66. The number of aromatic nitrogens is 3. The Morgan fingerprint density at radius 2 is 1.88 bits per heavy atom. The van der Waals surface area contributed by atoms with Gasteiger partial charge in [-0.05, 0) is 25.5 Å². The second-order valence-corrected chi connectivity index (χ2v) is 6.28. The third kappa shape index (κ3) is 2.72. The van der Waals surface area contributed by atoms with Gasteiger partial charge in [-0.3, -0.25) is 0 Å². The molecule has 0 unspecified atom stereocenters. The van der Waals surface area contributed by atoms with Crippen LogP contribution in [0.25, 0.3) is 11.4 Å². The van der Waals surface area contributed by atoms with Gasteiger partial charge in [0.05, 0.1) is 17.8 Å². The van der Waals surface area contributed by atoms with Crippen LogP contribution in [0, 0.1) is 25.2 Å². The Morgan fingerprint density at radius 1 is 1.08 bits per heavy atom. The lowest BCUT2D eigenvalue weighted by Crippen LogP contribution is -2.18. The molecule has 4 rings (SSSR count). The molecule has 0 bridgehead atoms. The molecule has 3 aromatic rings. The second-order valence-electron chi connectivity index (χ2n) is 6.28. The zero-order valence-electron chi connectivity index (χ0n) is 14.2. The summed E-state index contributed by atoms with van der Waals surface area (Å²) in [4.78, 5) is 15.9. The van der Waals surface area contributed by atoms with Crippen LogP contribution in [0.5, 0.6) is 0 Å². The standard InChI is InChI=1S/C20H17N5/c1-13-8-14(2)23-20(17(13)9-21)25-11-16-10-22-19(24-18(16)12-25)15-6-4-3-5-7-15/h3-8,10H,11-12H2,1-2H3. The molecule has 0 N–H and O–H groups in total. The van der Waals surface area contributed by atoms with Gasteiger partial charge >= 0.3 is 0 Å². The molecular weight excluding hydrogens is 310 g/mol. The highest BCUT2D eigenvalue weighted by atomic mass is 15.2. The molecule has 0 radical (unpaired) electrons. The van der Waals surface area contributed by atoms with E-state index in [0.29, 0.717) is 18.7 Å². The van der Waals surface area contributed by atoms with Crippen molar-refractivity contribution in [3.63, 3.8) is 0 Å². The third-order valence-electron chi connectivity index (χ3n) is 4.42. The summed E-state index contributed by atoms with van der Waals surface area (Å²) in [6.07, 6.45) is 1.89. The average molecular weight is 327 g/mol. The minimum atomic E-state index is 0.634. The van der Waals surface area contributed by atoms with E-state index in [2.05, 4.69) is 20.9 Å². The fourth-order valence-electron chi connectivity index (χ4n) is 3.21. The molecule has 0 spiro atoms. The van der Waals surface area contributed by atoms with Gasteiger partial charge in [-0.2, -0.15) is 5.26 Å². The number of rotatable bonds is 2. The van der Waals surface area contributed by atoms with Crippen LogP contribution < -0.4 is 4.90 Å². The third-order valence-corrected chi connectivity index (χ3v) is 4.42. The number of hydrogen-bond donors (Lipinski definition) is 0. The van der Waals surface area contributed by atoms with Crippen molar-refractivity contribution >= 4 is 5.82 Å². The zero-order valence-corrected chi connectivity index (χ0v) is 14.2. The number of nitrogens with zero attached hydrogens (tertiary/aromatic N) is 5. The highest BCUT2D eigenvalue weighted by Gasteiger charge is 2.25. The normalized spacial score (nSPS) is 12.8. The van der Waals surface area contributed by atoms with Crippen molar-refractivity contribution in [1.29, 1.82) is 5.26 Å². The summed E-state index contributed by atoms with van der Waals surface area (Å²) >= 11 is 0. The molecule has 5 nitrogen and oxygen atoms in total. The first-order valence-corrected chi connectivity index (χ1v) is 8.19. The highest BCUT2D eigenvalue weighted by molar-refractivity contribution is 5.61. The van der Waals surface area contributed by atoms with Crippen LogP contribution in [0.3, 0.4) is 0 Å². The number of benzene rings is 1. The van der Waals surface area contributed by atoms with Gasteiger partial charge in [-0.1, -0.05) is 30.3 Å². The Labute approximate surface area is 146 Å². The molecule has 122 valence electrons. The Hall–Kier alpha value is -3.26. The Bertz CT molecular complexity index is 989. The topological polar surface area (TPSA) is 65.7 Å². The molecule has 2 aromatic heterocycles. The summed E-state index contributed by atoms with van der Waals surface area (Å²) in [5, 5.41) is 9.52. The van der Waals surface area contributed by atoms with Crippen LogP contribution in [0.2, 0.25) is 0 Å². The van der Waals surface area contributed by atoms with Crippen molar-refractivity contribution in [3.05, 3.63) is 70.7 Å². The molecule has 0 fully saturated rings. The molecule has 0 aliphatic carbocycles. The van der Waals surface area contributed by atoms with E-state index >= 15 is 0 Å². The highest BCUT2D eigenvalue weighted by Crippen LogP contribution is 2.30. The maximum absolute atomic E-state index is 9.52. The summed E-state index contributed by atoms with van der Waals surface area (Å²) in [5.41, 5.74) is 5.60. The fourth-order valence-corrected chi connectivity index (χ4v) is 3.21. The van der Waals surface area contributed by atoms with Crippen molar-refractivity contribution in [1.82, 2.24) is 15.0 Å². The summed E-state index contributed by atoms with van der Waals surface area (Å²) in [5.74, 6) is 1.47. The van der Waals surface area contributed by atoms with E-state index in [9.17, 15) is 5.26 Å². The second kappa shape index (κ2) is 5.99. The SMILES string of the molecule is Cc1cc(C)c(C#N)c(N2Cc3cnc(-c4ccccc4)nc3C2)n1. The number of aryl methyl sites for hydroxylation is 2. The minimum Gasteiger partial charge on any atom is -0.345 e. The first-order valence-electron chi connectivity index (χ1n) is 8.19. The lowest BCUT2D eigenvalue weighted by atomic mass is 10.1. The Balaban J connectivity index is 1.70. The first kappa shape index (κ1) is 15.3. The molecule has 0 saturated heterocycles. The summed E-state index contributed by atoms with van der Waals surface area (Å²) in [6.45, 7) is 5.22. The van der Waals surface area contributed by atoms with E-state index in [0.717, 1.165) is 39.7 Å². The lowest BCUT2D eigenvalue weighted by Gasteiger charge is -2.19. The maximum Gasteiger partial charge on any atom is 0.159 e. The van der Waals surface area contributed by atoms with Gasteiger partial charge in [0.2, 0.25) is 0 Å². The monoisotopic (exact) mass is 327 g/mol. The first-order chi connectivity index (χ1) is 12.2. The van der Waals surface area contributed by atoms with E-state index in [-0.39, 0.29) is 0 Å². The van der Waals surface area contributed by atoms with Crippen LogP contribution in [-0.4, -0.2) is 15.0 Å². The van der Waals surface area contributed by atoms with E-state index in [1.165, 1.54) is 0 Å². The number of hydrogen-bond acceptors (Lipinski definition) is 5. The average Bonchev–Trinajstić information content (AvgIpc) is 3.05. The summed E-state index contributed by atoms with van der Waals surface area (Å²) < 4.78 is 0. The molecule has 1 aliphatic heterocycles. The van der Waals surface area contributed by atoms with Crippen LogP contribution in [0.1, 0.15) is 28.1 Å². The number of fused-ring (bicyclic) bond motifs is 1. The molecule has 3 heterocycles. The van der Waals surface area contributed by atoms with Gasteiger partial charge in [-0.25, -0.2) is 15.0 Å². The maximum atomic E-state index is 9.52. The smallest absolute Gasteiger partial charge is 0.159 e. The van der Waals surface area contributed by atoms with Crippen LogP contribution >= 0.6 is 0 Å². The van der Waals surface area contributed by atoms with Crippen molar-refractivity contribution in [3.8, 4) is 17.5 Å². The van der Waals surface area contributed by atoms with Gasteiger partial charge in [0.1, 0.15) is 11.9 Å².